The first kappa shape index (κ1) is 15.7. The van der Waals surface area contributed by atoms with E-state index >= 15 is 0 Å². The number of amides is 1. The molecule has 2 rings (SSSR count). The van der Waals surface area contributed by atoms with Crippen molar-refractivity contribution in [1.29, 1.82) is 5.26 Å². The van der Waals surface area contributed by atoms with Crippen molar-refractivity contribution in [2.45, 2.75) is 26.2 Å². The van der Waals surface area contributed by atoms with Gasteiger partial charge in [0.2, 0.25) is 0 Å². The third-order valence-electron chi connectivity index (χ3n) is 3.86. The topological polar surface area (TPSA) is 57.0 Å². The molecule has 0 bridgehead atoms. The Bertz CT molecular complexity index is 583. The van der Waals surface area contributed by atoms with Gasteiger partial charge in [-0.3, -0.25) is 4.79 Å². The van der Waals surface area contributed by atoms with Crippen molar-refractivity contribution in [2.24, 2.45) is 5.92 Å². The molecule has 0 N–H and O–H groups in total. The number of nitriles is 1. The number of hydrogen-bond acceptors (Lipinski definition) is 3. The van der Waals surface area contributed by atoms with Gasteiger partial charge in [0, 0.05) is 13.1 Å². The maximum atomic E-state index is 12.4. The maximum Gasteiger partial charge on any atom is 0.264 e. The summed E-state index contributed by atoms with van der Waals surface area (Å²) in [5, 5.41) is 9.25. The molecule has 1 amide bonds. The third kappa shape index (κ3) is 4.15. The highest BCUT2D eigenvalue weighted by molar-refractivity contribution is 9.10. The molecule has 2 heterocycles. The van der Waals surface area contributed by atoms with E-state index in [1.807, 2.05) is 12.1 Å². The van der Waals surface area contributed by atoms with Gasteiger partial charge in [0.05, 0.1) is 5.69 Å². The van der Waals surface area contributed by atoms with Crippen molar-refractivity contribution in [3.8, 4) is 6.07 Å². The van der Waals surface area contributed by atoms with Crippen molar-refractivity contribution in [3.63, 3.8) is 0 Å². The Balaban J connectivity index is 2.11. The summed E-state index contributed by atoms with van der Waals surface area (Å²) in [5.74, 6) is 0.518. The zero-order chi connectivity index (χ0) is 15.2. The van der Waals surface area contributed by atoms with Crippen molar-refractivity contribution in [2.75, 3.05) is 13.1 Å². The van der Waals surface area contributed by atoms with Crippen LogP contribution in [0.25, 0.3) is 6.08 Å². The number of halogens is 1. The second-order valence-corrected chi connectivity index (χ2v) is 6.01. The van der Waals surface area contributed by atoms with Crippen LogP contribution in [0, 0.1) is 17.2 Å². The molecule has 0 aromatic carbocycles. The molecule has 1 aliphatic heterocycles. The van der Waals surface area contributed by atoms with Gasteiger partial charge in [0.1, 0.15) is 16.2 Å². The van der Waals surface area contributed by atoms with E-state index < -0.39 is 0 Å². The average molecular weight is 348 g/mol. The third-order valence-corrected chi connectivity index (χ3v) is 4.30. The molecular weight excluding hydrogens is 330 g/mol. The molecule has 0 radical (unpaired) electrons. The van der Waals surface area contributed by atoms with Crippen LogP contribution in [-0.4, -0.2) is 28.9 Å². The Morgan fingerprint density at radius 3 is 2.81 bits per heavy atom. The van der Waals surface area contributed by atoms with E-state index in [4.69, 9.17) is 0 Å². The minimum absolute atomic E-state index is 0.149. The zero-order valence-electron chi connectivity index (χ0n) is 12.1. The van der Waals surface area contributed by atoms with Gasteiger partial charge in [0.25, 0.3) is 5.91 Å². The summed E-state index contributed by atoms with van der Waals surface area (Å²) in [5.41, 5.74) is 0.758. The second kappa shape index (κ2) is 7.37. The number of piperidine rings is 1. The van der Waals surface area contributed by atoms with Crippen molar-refractivity contribution in [3.05, 3.63) is 34.1 Å². The molecule has 1 aromatic heterocycles. The van der Waals surface area contributed by atoms with Crippen LogP contribution in [-0.2, 0) is 4.79 Å². The van der Waals surface area contributed by atoms with E-state index in [0.717, 1.165) is 32.4 Å². The molecular formula is C16H18BrN3O. The van der Waals surface area contributed by atoms with Crippen molar-refractivity contribution in [1.82, 2.24) is 9.88 Å². The molecule has 1 saturated heterocycles. The standard InChI is InChI=1S/C16H18BrN3O/c1-2-12-6-8-20(9-7-12)16(21)13(11-18)10-14-4-3-5-15(17)19-14/h3-5,10,12H,2,6-9H2,1H3/b13-10+. The quantitative estimate of drug-likeness (QED) is 0.478. The molecule has 1 fully saturated rings. The van der Waals surface area contributed by atoms with E-state index in [1.54, 1.807) is 23.1 Å². The minimum Gasteiger partial charge on any atom is -0.338 e. The van der Waals surface area contributed by atoms with Gasteiger partial charge in [-0.15, -0.1) is 0 Å². The average Bonchev–Trinajstić information content (AvgIpc) is 2.52. The summed E-state index contributed by atoms with van der Waals surface area (Å²) in [6.07, 6.45) is 4.76. The summed E-state index contributed by atoms with van der Waals surface area (Å²) in [4.78, 5) is 18.4. The summed E-state index contributed by atoms with van der Waals surface area (Å²) < 4.78 is 0.685. The SMILES string of the molecule is CCC1CCN(C(=O)/C(C#N)=C/c2cccc(Br)n2)CC1. The van der Waals surface area contributed by atoms with Gasteiger partial charge in [-0.05, 0) is 52.9 Å². The molecule has 1 aromatic rings. The van der Waals surface area contributed by atoms with Crippen LogP contribution in [0.3, 0.4) is 0 Å². The number of likely N-dealkylation sites (tertiary alicyclic amines) is 1. The largest absolute Gasteiger partial charge is 0.338 e. The molecule has 0 aliphatic carbocycles. The first-order valence-corrected chi connectivity index (χ1v) is 7.97. The normalized spacial score (nSPS) is 16.6. The lowest BCUT2D eigenvalue weighted by Gasteiger charge is -2.31. The maximum absolute atomic E-state index is 12.4. The minimum atomic E-state index is -0.186. The Morgan fingerprint density at radius 1 is 1.52 bits per heavy atom. The lowest BCUT2D eigenvalue weighted by Crippen LogP contribution is -2.38. The summed E-state index contributed by atoms with van der Waals surface area (Å²) in [7, 11) is 0. The Kier molecular flexibility index (Phi) is 5.51. The molecule has 4 nitrogen and oxygen atoms in total. The van der Waals surface area contributed by atoms with Crippen LogP contribution in [0.1, 0.15) is 31.9 Å². The van der Waals surface area contributed by atoms with Crippen LogP contribution < -0.4 is 0 Å². The van der Waals surface area contributed by atoms with Crippen LogP contribution >= 0.6 is 15.9 Å². The van der Waals surface area contributed by atoms with Crippen LogP contribution in [0.4, 0.5) is 0 Å². The number of pyridine rings is 1. The number of carbonyl (C=O) groups is 1. The van der Waals surface area contributed by atoms with Gasteiger partial charge in [-0.25, -0.2) is 4.98 Å². The highest BCUT2D eigenvalue weighted by Gasteiger charge is 2.24. The Morgan fingerprint density at radius 2 is 2.24 bits per heavy atom. The summed E-state index contributed by atoms with van der Waals surface area (Å²) >= 11 is 3.28. The number of aromatic nitrogens is 1. The Hall–Kier alpha value is -1.67. The molecule has 0 saturated carbocycles. The van der Waals surface area contributed by atoms with Crippen molar-refractivity contribution >= 4 is 27.9 Å². The number of rotatable bonds is 3. The molecule has 110 valence electrons. The van der Waals surface area contributed by atoms with E-state index in [0.29, 0.717) is 16.2 Å². The molecule has 0 spiro atoms. The van der Waals surface area contributed by atoms with Crippen molar-refractivity contribution < 1.29 is 4.79 Å². The highest BCUT2D eigenvalue weighted by Crippen LogP contribution is 2.21. The predicted octanol–water partition coefficient (Wildman–Crippen LogP) is 3.40. The summed E-state index contributed by atoms with van der Waals surface area (Å²) in [6, 6.07) is 7.42. The first-order valence-electron chi connectivity index (χ1n) is 7.17. The van der Waals surface area contributed by atoms with Gasteiger partial charge in [-0.2, -0.15) is 5.26 Å². The second-order valence-electron chi connectivity index (χ2n) is 5.20. The fourth-order valence-electron chi connectivity index (χ4n) is 2.51. The van der Waals surface area contributed by atoms with E-state index in [9.17, 15) is 10.1 Å². The Labute approximate surface area is 133 Å². The molecule has 21 heavy (non-hydrogen) atoms. The van der Waals surface area contributed by atoms with Crippen LogP contribution in [0.5, 0.6) is 0 Å². The monoisotopic (exact) mass is 347 g/mol. The van der Waals surface area contributed by atoms with Crippen LogP contribution in [0.2, 0.25) is 0 Å². The smallest absolute Gasteiger partial charge is 0.264 e. The van der Waals surface area contributed by atoms with Gasteiger partial charge in [0.15, 0.2) is 0 Å². The fourth-order valence-corrected chi connectivity index (χ4v) is 2.87. The van der Waals surface area contributed by atoms with Gasteiger partial charge >= 0.3 is 0 Å². The number of hydrogen-bond donors (Lipinski definition) is 0. The zero-order valence-corrected chi connectivity index (χ0v) is 13.6. The first-order chi connectivity index (χ1) is 10.1. The molecule has 0 unspecified atom stereocenters. The van der Waals surface area contributed by atoms with Gasteiger partial charge < -0.3 is 4.90 Å². The van der Waals surface area contributed by atoms with Crippen LogP contribution in [0.15, 0.2) is 28.4 Å². The van der Waals surface area contributed by atoms with E-state index in [-0.39, 0.29) is 11.5 Å². The van der Waals surface area contributed by atoms with E-state index in [1.165, 1.54) is 0 Å². The number of nitrogens with zero attached hydrogens (tertiary/aromatic N) is 3. The molecule has 5 heteroatoms. The highest BCUT2D eigenvalue weighted by atomic mass is 79.9. The molecule has 0 atom stereocenters. The summed E-state index contributed by atoms with van der Waals surface area (Å²) in [6.45, 7) is 3.66. The van der Waals surface area contributed by atoms with E-state index in [2.05, 4.69) is 27.8 Å². The number of carbonyl (C=O) groups excluding carboxylic acids is 1. The fraction of sp³-hybridized carbons (Fsp3) is 0.438. The lowest BCUT2D eigenvalue weighted by molar-refractivity contribution is -0.128. The predicted molar refractivity (Wildman–Crippen MR) is 85.1 cm³/mol. The lowest BCUT2D eigenvalue weighted by atomic mass is 9.94. The van der Waals surface area contributed by atoms with Gasteiger partial charge in [-0.1, -0.05) is 19.4 Å². The molecule has 1 aliphatic rings.